The molecule has 4 heteroatoms. The highest BCUT2D eigenvalue weighted by Gasteiger charge is 2.12. The second-order valence-electron chi connectivity index (χ2n) is 7.38. The molecule has 0 bridgehead atoms. The van der Waals surface area contributed by atoms with Gasteiger partial charge in [0.05, 0.1) is 24.5 Å². The molecule has 0 saturated heterocycles. The van der Waals surface area contributed by atoms with Crippen molar-refractivity contribution in [2.75, 3.05) is 5.32 Å². The van der Waals surface area contributed by atoms with Gasteiger partial charge in [0.15, 0.2) is 0 Å². The quantitative estimate of drug-likeness (QED) is 0.342. The maximum atomic E-state index is 5.92. The summed E-state index contributed by atoms with van der Waals surface area (Å²) in [5, 5.41) is 8.16. The molecule has 1 heterocycles. The summed E-state index contributed by atoms with van der Waals surface area (Å²) in [5.74, 6) is 1.69. The number of nitrogens with one attached hydrogen (secondary N) is 1. The lowest BCUT2D eigenvalue weighted by molar-refractivity contribution is 0.482. The summed E-state index contributed by atoms with van der Waals surface area (Å²) in [5.41, 5.74) is 3.52. The molecule has 0 aliphatic carbocycles. The van der Waals surface area contributed by atoms with Gasteiger partial charge in [-0.3, -0.25) is 4.68 Å². The Morgan fingerprint density at radius 2 is 1.53 bits per heavy atom. The van der Waals surface area contributed by atoms with Gasteiger partial charge < -0.3 is 10.1 Å². The summed E-state index contributed by atoms with van der Waals surface area (Å²) in [7, 11) is 0. The molecule has 1 N–H and O–H groups in total. The van der Waals surface area contributed by atoms with Crippen LogP contribution in [0.25, 0.3) is 0 Å². The summed E-state index contributed by atoms with van der Waals surface area (Å²) < 4.78 is 7.89. The van der Waals surface area contributed by atoms with Crippen molar-refractivity contribution in [2.45, 2.75) is 32.4 Å². The van der Waals surface area contributed by atoms with E-state index in [2.05, 4.69) is 59.9 Å². The molecule has 0 aliphatic rings. The van der Waals surface area contributed by atoms with Gasteiger partial charge in [-0.05, 0) is 41.8 Å². The number of aromatic nitrogens is 2. The number of rotatable bonds is 9. The average molecular weight is 398 g/mol. The molecule has 3 aromatic carbocycles. The Kier molecular flexibility index (Phi) is 6.45. The fourth-order valence-electron chi connectivity index (χ4n) is 3.50. The largest absolute Gasteiger partial charge is 0.457 e. The van der Waals surface area contributed by atoms with Crippen LogP contribution in [0.5, 0.6) is 11.5 Å². The van der Waals surface area contributed by atoms with Gasteiger partial charge in [-0.1, -0.05) is 74.0 Å². The summed E-state index contributed by atoms with van der Waals surface area (Å²) in [4.78, 5) is 0. The van der Waals surface area contributed by atoms with E-state index in [9.17, 15) is 0 Å². The Morgan fingerprint density at radius 3 is 2.23 bits per heavy atom. The van der Waals surface area contributed by atoms with Gasteiger partial charge >= 0.3 is 0 Å². The Balaban J connectivity index is 1.42. The Labute approximate surface area is 178 Å². The molecule has 0 amide bonds. The summed E-state index contributed by atoms with van der Waals surface area (Å²) in [6, 6.07) is 28.8. The van der Waals surface area contributed by atoms with E-state index in [1.54, 1.807) is 0 Å². The SMILES string of the molecule is CCCC(Nc1cnn(Cc2ccccc2)c1)c1ccc(Oc2ccccc2)cc1. The number of para-hydroxylation sites is 1. The molecule has 4 rings (SSSR count). The third-order valence-electron chi connectivity index (χ3n) is 5.00. The van der Waals surface area contributed by atoms with Crippen LogP contribution in [0.1, 0.15) is 36.9 Å². The normalized spacial score (nSPS) is 11.8. The second-order valence-corrected chi connectivity index (χ2v) is 7.38. The molecule has 0 saturated carbocycles. The van der Waals surface area contributed by atoms with E-state index in [1.165, 1.54) is 11.1 Å². The number of nitrogens with zero attached hydrogens (tertiary/aromatic N) is 2. The molecule has 1 unspecified atom stereocenters. The minimum Gasteiger partial charge on any atom is -0.457 e. The Hall–Kier alpha value is -3.53. The van der Waals surface area contributed by atoms with E-state index in [1.807, 2.05) is 59.4 Å². The van der Waals surface area contributed by atoms with Crippen LogP contribution in [-0.2, 0) is 6.54 Å². The summed E-state index contributed by atoms with van der Waals surface area (Å²) >= 11 is 0. The molecule has 0 fully saturated rings. The van der Waals surface area contributed by atoms with Crippen molar-refractivity contribution in [2.24, 2.45) is 0 Å². The summed E-state index contributed by atoms with van der Waals surface area (Å²) in [6.07, 6.45) is 6.11. The van der Waals surface area contributed by atoms with Crippen LogP contribution < -0.4 is 10.1 Å². The first-order valence-electron chi connectivity index (χ1n) is 10.5. The fraction of sp³-hybridized carbons (Fsp3) is 0.192. The van der Waals surface area contributed by atoms with Crippen molar-refractivity contribution >= 4 is 5.69 Å². The predicted molar refractivity (Wildman–Crippen MR) is 122 cm³/mol. The molecule has 0 aliphatic heterocycles. The van der Waals surface area contributed by atoms with Crippen LogP contribution in [0.2, 0.25) is 0 Å². The monoisotopic (exact) mass is 397 g/mol. The van der Waals surface area contributed by atoms with Crippen LogP contribution in [0.15, 0.2) is 97.3 Å². The van der Waals surface area contributed by atoms with Crippen molar-refractivity contribution in [3.63, 3.8) is 0 Å². The second kappa shape index (κ2) is 9.79. The van der Waals surface area contributed by atoms with Gasteiger partial charge in [-0.2, -0.15) is 5.10 Å². The number of hydrogen-bond acceptors (Lipinski definition) is 3. The van der Waals surface area contributed by atoms with E-state index in [-0.39, 0.29) is 6.04 Å². The zero-order valence-corrected chi connectivity index (χ0v) is 17.2. The molecule has 0 spiro atoms. The molecule has 152 valence electrons. The lowest BCUT2D eigenvalue weighted by atomic mass is 10.0. The Bertz CT molecular complexity index is 1030. The van der Waals surface area contributed by atoms with Crippen LogP contribution >= 0.6 is 0 Å². The van der Waals surface area contributed by atoms with Crippen molar-refractivity contribution in [3.8, 4) is 11.5 Å². The van der Waals surface area contributed by atoms with E-state index >= 15 is 0 Å². The first-order valence-corrected chi connectivity index (χ1v) is 10.5. The number of anilines is 1. The zero-order chi connectivity index (χ0) is 20.6. The minimum atomic E-state index is 0.232. The molecular weight excluding hydrogens is 370 g/mol. The van der Waals surface area contributed by atoms with Crippen LogP contribution in [-0.4, -0.2) is 9.78 Å². The van der Waals surface area contributed by atoms with Crippen LogP contribution in [0.3, 0.4) is 0 Å². The van der Waals surface area contributed by atoms with Crippen molar-refractivity contribution < 1.29 is 4.74 Å². The molecule has 4 nitrogen and oxygen atoms in total. The topological polar surface area (TPSA) is 39.1 Å². The maximum Gasteiger partial charge on any atom is 0.127 e. The predicted octanol–water partition coefficient (Wildman–Crippen LogP) is 6.68. The van der Waals surface area contributed by atoms with Crippen molar-refractivity contribution in [3.05, 3.63) is 108 Å². The van der Waals surface area contributed by atoms with E-state index in [0.29, 0.717) is 0 Å². The van der Waals surface area contributed by atoms with Gasteiger partial charge in [0.2, 0.25) is 0 Å². The smallest absolute Gasteiger partial charge is 0.127 e. The number of hydrogen-bond donors (Lipinski definition) is 1. The first kappa shape index (κ1) is 19.8. The standard InChI is InChI=1S/C26H27N3O/c1-2-9-26(22-14-16-25(17-15-22)30-24-12-7-4-8-13-24)28-23-18-27-29(20-23)19-21-10-5-3-6-11-21/h3-8,10-18,20,26,28H,2,9,19H2,1H3. The lowest BCUT2D eigenvalue weighted by Gasteiger charge is -2.19. The third-order valence-corrected chi connectivity index (χ3v) is 5.00. The molecule has 1 aromatic heterocycles. The fourth-order valence-corrected chi connectivity index (χ4v) is 3.50. The van der Waals surface area contributed by atoms with Gasteiger partial charge in [-0.25, -0.2) is 0 Å². The van der Waals surface area contributed by atoms with Crippen LogP contribution in [0, 0.1) is 0 Å². The maximum absolute atomic E-state index is 5.92. The third kappa shape index (κ3) is 5.29. The van der Waals surface area contributed by atoms with Crippen molar-refractivity contribution in [1.82, 2.24) is 9.78 Å². The summed E-state index contributed by atoms with van der Waals surface area (Å²) in [6.45, 7) is 2.98. The van der Waals surface area contributed by atoms with Crippen LogP contribution in [0.4, 0.5) is 5.69 Å². The highest BCUT2D eigenvalue weighted by Crippen LogP contribution is 2.27. The Morgan fingerprint density at radius 1 is 0.867 bits per heavy atom. The van der Waals surface area contributed by atoms with E-state index < -0.39 is 0 Å². The average Bonchev–Trinajstić information content (AvgIpc) is 3.22. The van der Waals surface area contributed by atoms with E-state index in [0.717, 1.165) is 36.6 Å². The van der Waals surface area contributed by atoms with Gasteiger partial charge in [0, 0.05) is 6.20 Å². The molecule has 4 aromatic rings. The lowest BCUT2D eigenvalue weighted by Crippen LogP contribution is -2.10. The molecule has 1 atom stereocenters. The van der Waals surface area contributed by atoms with E-state index in [4.69, 9.17) is 4.74 Å². The highest BCUT2D eigenvalue weighted by molar-refractivity contribution is 5.43. The van der Waals surface area contributed by atoms with Crippen molar-refractivity contribution in [1.29, 1.82) is 0 Å². The molecule has 30 heavy (non-hydrogen) atoms. The van der Waals surface area contributed by atoms with Gasteiger partial charge in [0.25, 0.3) is 0 Å². The highest BCUT2D eigenvalue weighted by atomic mass is 16.5. The molecule has 0 radical (unpaired) electrons. The number of benzene rings is 3. The van der Waals surface area contributed by atoms with Gasteiger partial charge in [0.1, 0.15) is 11.5 Å². The van der Waals surface area contributed by atoms with Gasteiger partial charge in [-0.15, -0.1) is 0 Å². The number of ether oxygens (including phenoxy) is 1. The molecular formula is C26H27N3O. The zero-order valence-electron chi connectivity index (χ0n) is 17.2. The first-order chi connectivity index (χ1) is 14.8. The minimum absolute atomic E-state index is 0.232.